The summed E-state index contributed by atoms with van der Waals surface area (Å²) in [5.41, 5.74) is 2.39. The van der Waals surface area contributed by atoms with E-state index in [4.69, 9.17) is 4.74 Å². The van der Waals surface area contributed by atoms with Gasteiger partial charge in [0.2, 0.25) is 5.95 Å². The van der Waals surface area contributed by atoms with E-state index in [2.05, 4.69) is 15.2 Å². The number of rotatable bonds is 3. The van der Waals surface area contributed by atoms with Crippen LogP contribution in [0.1, 0.15) is 0 Å². The van der Waals surface area contributed by atoms with Crippen molar-refractivity contribution in [1.29, 1.82) is 0 Å². The molecule has 0 atom stereocenters. The number of para-hydroxylation sites is 2. The third-order valence-electron chi connectivity index (χ3n) is 3.17. The predicted molar refractivity (Wildman–Crippen MR) is 79.5 cm³/mol. The summed E-state index contributed by atoms with van der Waals surface area (Å²) in [6.07, 6.45) is 0. The van der Waals surface area contributed by atoms with Gasteiger partial charge in [-0.2, -0.15) is 0 Å². The lowest BCUT2D eigenvalue weighted by molar-refractivity contribution is 0.408. The van der Waals surface area contributed by atoms with Gasteiger partial charge in [0, 0.05) is 13.1 Å². The molecule has 0 radical (unpaired) electrons. The Hall–Kier alpha value is -2.89. The van der Waals surface area contributed by atoms with E-state index in [1.54, 1.807) is 6.07 Å². The Kier molecular flexibility index (Phi) is 3.27. The largest absolute Gasteiger partial charge is 0.508 e. The first-order valence-electron chi connectivity index (χ1n) is 6.39. The van der Waals surface area contributed by atoms with E-state index >= 15 is 0 Å². The molecule has 3 aromatic rings. The molecule has 6 nitrogen and oxygen atoms in total. The first kappa shape index (κ1) is 13.1. The minimum Gasteiger partial charge on any atom is -0.508 e. The van der Waals surface area contributed by atoms with Crippen molar-refractivity contribution in [3.8, 4) is 11.5 Å². The van der Waals surface area contributed by atoms with Gasteiger partial charge in [-0.1, -0.05) is 12.1 Å². The second-order valence-corrected chi connectivity index (χ2v) is 4.52. The van der Waals surface area contributed by atoms with E-state index in [1.807, 2.05) is 35.9 Å². The van der Waals surface area contributed by atoms with Gasteiger partial charge < -0.3 is 14.4 Å². The van der Waals surface area contributed by atoms with Crippen LogP contribution in [0.3, 0.4) is 0 Å². The number of aryl methyl sites for hydroxylation is 1. The lowest BCUT2D eigenvalue weighted by Crippen LogP contribution is -1.86. The molecule has 0 aliphatic carbocycles. The smallest absolute Gasteiger partial charge is 0.250 e. The third-order valence-corrected chi connectivity index (χ3v) is 3.17. The van der Waals surface area contributed by atoms with Gasteiger partial charge in [-0.3, -0.25) is 0 Å². The van der Waals surface area contributed by atoms with Crippen LogP contribution in [0.4, 0.5) is 11.6 Å². The highest BCUT2D eigenvalue weighted by Crippen LogP contribution is 2.32. The third kappa shape index (κ3) is 2.43. The van der Waals surface area contributed by atoms with Crippen LogP contribution in [-0.4, -0.2) is 21.8 Å². The standard InChI is InChI=1S/C15H14N4O2/c1-19-13-6-4-3-5-11(13)16-15(19)18-17-12-8-7-10(20)9-14(12)21-2/h3-9,20H,1-2H3. The number of benzene rings is 2. The average molecular weight is 282 g/mol. The second kappa shape index (κ2) is 5.24. The van der Waals surface area contributed by atoms with Crippen LogP contribution in [0.2, 0.25) is 0 Å². The number of methoxy groups -OCH3 is 1. The molecule has 0 amide bonds. The van der Waals surface area contributed by atoms with Gasteiger partial charge in [0.25, 0.3) is 0 Å². The van der Waals surface area contributed by atoms with Gasteiger partial charge in [0.15, 0.2) is 0 Å². The average Bonchev–Trinajstić information content (AvgIpc) is 2.83. The lowest BCUT2D eigenvalue weighted by atomic mass is 10.3. The fraction of sp³-hybridized carbons (Fsp3) is 0.133. The van der Waals surface area contributed by atoms with Gasteiger partial charge in [0.1, 0.15) is 17.2 Å². The maximum atomic E-state index is 9.42. The van der Waals surface area contributed by atoms with Gasteiger partial charge in [-0.25, -0.2) is 4.98 Å². The Morgan fingerprint density at radius 2 is 1.95 bits per heavy atom. The quantitative estimate of drug-likeness (QED) is 0.744. The summed E-state index contributed by atoms with van der Waals surface area (Å²) in [4.78, 5) is 4.41. The minimum absolute atomic E-state index is 0.119. The lowest BCUT2D eigenvalue weighted by Gasteiger charge is -2.03. The molecule has 21 heavy (non-hydrogen) atoms. The fourth-order valence-electron chi connectivity index (χ4n) is 2.07. The Morgan fingerprint density at radius 3 is 2.71 bits per heavy atom. The van der Waals surface area contributed by atoms with E-state index < -0.39 is 0 Å². The minimum atomic E-state index is 0.119. The van der Waals surface area contributed by atoms with Crippen LogP contribution in [0, 0.1) is 0 Å². The number of aromatic nitrogens is 2. The zero-order valence-corrected chi connectivity index (χ0v) is 11.7. The van der Waals surface area contributed by atoms with Gasteiger partial charge in [-0.05, 0) is 24.3 Å². The number of hydrogen-bond acceptors (Lipinski definition) is 5. The molecule has 0 aliphatic heterocycles. The zero-order valence-electron chi connectivity index (χ0n) is 11.7. The van der Waals surface area contributed by atoms with Gasteiger partial charge >= 0.3 is 0 Å². The van der Waals surface area contributed by atoms with E-state index in [0.717, 1.165) is 11.0 Å². The molecule has 0 aliphatic rings. The fourth-order valence-corrected chi connectivity index (χ4v) is 2.07. The van der Waals surface area contributed by atoms with Gasteiger partial charge in [0.05, 0.1) is 18.1 Å². The number of phenols is 1. The number of phenolic OH excluding ortho intramolecular Hbond substituents is 1. The zero-order chi connectivity index (χ0) is 14.8. The number of hydrogen-bond donors (Lipinski definition) is 1. The topological polar surface area (TPSA) is 72.0 Å². The van der Waals surface area contributed by atoms with Crippen LogP contribution in [-0.2, 0) is 7.05 Å². The molecule has 0 saturated carbocycles. The van der Waals surface area contributed by atoms with E-state index in [1.165, 1.54) is 19.2 Å². The maximum Gasteiger partial charge on any atom is 0.250 e. The molecule has 1 aromatic heterocycles. The van der Waals surface area contributed by atoms with E-state index in [-0.39, 0.29) is 5.75 Å². The highest BCUT2D eigenvalue weighted by molar-refractivity contribution is 5.77. The number of fused-ring (bicyclic) bond motifs is 1. The number of azo groups is 1. The Bertz CT molecular complexity index is 824. The SMILES string of the molecule is COc1cc(O)ccc1N=Nc1nc2ccccc2n1C. The van der Waals surface area contributed by atoms with Crippen molar-refractivity contribution < 1.29 is 9.84 Å². The van der Waals surface area contributed by atoms with Crippen molar-refractivity contribution in [2.24, 2.45) is 17.3 Å². The summed E-state index contributed by atoms with van der Waals surface area (Å²) < 4.78 is 7.03. The molecule has 0 saturated heterocycles. The highest BCUT2D eigenvalue weighted by atomic mass is 16.5. The normalized spacial score (nSPS) is 11.3. The predicted octanol–water partition coefficient (Wildman–Crippen LogP) is 3.70. The Labute approximate surface area is 121 Å². The Balaban J connectivity index is 2.00. The monoisotopic (exact) mass is 282 g/mol. The van der Waals surface area contributed by atoms with Crippen molar-refractivity contribution in [3.63, 3.8) is 0 Å². The van der Waals surface area contributed by atoms with Crippen molar-refractivity contribution in [2.75, 3.05) is 7.11 Å². The molecule has 0 unspecified atom stereocenters. The van der Waals surface area contributed by atoms with Crippen LogP contribution in [0.25, 0.3) is 11.0 Å². The number of aromatic hydroxyl groups is 1. The first-order valence-corrected chi connectivity index (χ1v) is 6.39. The summed E-state index contributed by atoms with van der Waals surface area (Å²) >= 11 is 0. The van der Waals surface area contributed by atoms with Crippen molar-refractivity contribution in [1.82, 2.24) is 9.55 Å². The molecule has 6 heteroatoms. The van der Waals surface area contributed by atoms with Crippen LogP contribution in [0.15, 0.2) is 52.7 Å². The molecule has 1 N–H and O–H groups in total. The molecular weight excluding hydrogens is 268 g/mol. The van der Waals surface area contributed by atoms with E-state index in [0.29, 0.717) is 17.4 Å². The van der Waals surface area contributed by atoms with Gasteiger partial charge in [-0.15, -0.1) is 10.2 Å². The Morgan fingerprint density at radius 1 is 1.14 bits per heavy atom. The molecule has 0 fully saturated rings. The number of nitrogens with zero attached hydrogens (tertiary/aromatic N) is 4. The second-order valence-electron chi connectivity index (χ2n) is 4.52. The van der Waals surface area contributed by atoms with E-state index in [9.17, 15) is 5.11 Å². The van der Waals surface area contributed by atoms with Crippen molar-refractivity contribution in [3.05, 3.63) is 42.5 Å². The van der Waals surface area contributed by atoms with Crippen LogP contribution < -0.4 is 4.74 Å². The summed E-state index contributed by atoms with van der Waals surface area (Å²) in [6.45, 7) is 0. The molecule has 1 heterocycles. The molecule has 2 aromatic carbocycles. The van der Waals surface area contributed by atoms with Crippen molar-refractivity contribution in [2.45, 2.75) is 0 Å². The maximum absolute atomic E-state index is 9.42. The summed E-state index contributed by atoms with van der Waals surface area (Å²) in [5, 5.41) is 17.7. The number of ether oxygens (including phenoxy) is 1. The molecule has 0 spiro atoms. The molecule has 3 rings (SSSR count). The highest BCUT2D eigenvalue weighted by Gasteiger charge is 2.07. The summed E-state index contributed by atoms with van der Waals surface area (Å²) in [5.74, 6) is 1.08. The first-order chi connectivity index (χ1) is 10.2. The van der Waals surface area contributed by atoms with Crippen LogP contribution >= 0.6 is 0 Å². The van der Waals surface area contributed by atoms with Crippen LogP contribution in [0.5, 0.6) is 11.5 Å². The summed E-state index contributed by atoms with van der Waals surface area (Å²) in [7, 11) is 3.40. The molecule has 0 bridgehead atoms. The molecular formula is C15H14N4O2. The molecule has 106 valence electrons. The summed E-state index contributed by atoms with van der Waals surface area (Å²) in [6, 6.07) is 12.4. The van der Waals surface area contributed by atoms with Crippen molar-refractivity contribution >= 4 is 22.7 Å². The number of imidazole rings is 1.